The first-order chi connectivity index (χ1) is 8.70. The Hall–Kier alpha value is -1.31. The molecule has 0 heterocycles. The zero-order valence-electron chi connectivity index (χ0n) is 10.7. The Morgan fingerprint density at radius 1 is 0.944 bits per heavy atom. The molecule has 0 bridgehead atoms. The summed E-state index contributed by atoms with van der Waals surface area (Å²) < 4.78 is 5.11. The smallest absolute Gasteiger partial charge is 0.0713 e. The van der Waals surface area contributed by atoms with Gasteiger partial charge in [-0.05, 0) is 28.8 Å². The van der Waals surface area contributed by atoms with Gasteiger partial charge in [-0.3, -0.25) is 0 Å². The third-order valence-corrected chi connectivity index (χ3v) is 3.41. The molecule has 0 N–H and O–H groups in total. The van der Waals surface area contributed by atoms with Gasteiger partial charge in [-0.1, -0.05) is 54.9 Å². The molecule has 0 saturated carbocycles. The summed E-state index contributed by atoms with van der Waals surface area (Å²) in [5.41, 5.74) is 3.78. The standard InChI is InChI=1S/C16H17ClO/c1-12(15-7-9-16(17)10-8-15)14-5-3-13(4-6-14)11-18-2/h3-10,12H,11H2,1-2H3. The van der Waals surface area contributed by atoms with E-state index in [2.05, 4.69) is 43.3 Å². The van der Waals surface area contributed by atoms with Crippen molar-refractivity contribution in [3.8, 4) is 0 Å². The van der Waals surface area contributed by atoms with E-state index in [9.17, 15) is 0 Å². The van der Waals surface area contributed by atoms with Crippen molar-refractivity contribution < 1.29 is 4.74 Å². The van der Waals surface area contributed by atoms with Crippen molar-refractivity contribution in [2.45, 2.75) is 19.4 Å². The van der Waals surface area contributed by atoms with Crippen LogP contribution in [0.2, 0.25) is 5.02 Å². The first kappa shape index (κ1) is 13.1. The average Bonchev–Trinajstić information content (AvgIpc) is 2.40. The first-order valence-corrected chi connectivity index (χ1v) is 6.41. The van der Waals surface area contributed by atoms with Crippen molar-refractivity contribution in [3.63, 3.8) is 0 Å². The van der Waals surface area contributed by atoms with E-state index >= 15 is 0 Å². The Balaban J connectivity index is 2.17. The van der Waals surface area contributed by atoms with Crippen LogP contribution in [0, 0.1) is 0 Å². The van der Waals surface area contributed by atoms with Crippen LogP contribution < -0.4 is 0 Å². The zero-order chi connectivity index (χ0) is 13.0. The average molecular weight is 261 g/mol. The van der Waals surface area contributed by atoms with E-state index in [-0.39, 0.29) is 0 Å². The predicted octanol–water partition coefficient (Wildman–Crippen LogP) is 4.64. The molecule has 0 amide bonds. The minimum Gasteiger partial charge on any atom is -0.380 e. The van der Waals surface area contributed by atoms with Gasteiger partial charge in [0.2, 0.25) is 0 Å². The summed E-state index contributed by atoms with van der Waals surface area (Å²) in [5.74, 6) is 0.374. The summed E-state index contributed by atoms with van der Waals surface area (Å²) in [6, 6.07) is 16.6. The molecule has 2 heteroatoms. The Morgan fingerprint density at radius 3 is 1.94 bits per heavy atom. The van der Waals surface area contributed by atoms with Crippen LogP contribution in [0.4, 0.5) is 0 Å². The number of benzene rings is 2. The van der Waals surface area contributed by atoms with Gasteiger partial charge in [-0.15, -0.1) is 0 Å². The number of hydrogen-bond donors (Lipinski definition) is 0. The van der Waals surface area contributed by atoms with Gasteiger partial charge in [-0.25, -0.2) is 0 Å². The Bertz CT molecular complexity index is 488. The minimum atomic E-state index is 0.374. The van der Waals surface area contributed by atoms with Gasteiger partial charge in [0.05, 0.1) is 6.61 Å². The fourth-order valence-electron chi connectivity index (χ4n) is 2.01. The monoisotopic (exact) mass is 260 g/mol. The van der Waals surface area contributed by atoms with Crippen LogP contribution in [0.25, 0.3) is 0 Å². The van der Waals surface area contributed by atoms with Crippen molar-refractivity contribution in [3.05, 3.63) is 70.2 Å². The van der Waals surface area contributed by atoms with Crippen molar-refractivity contribution in [2.75, 3.05) is 7.11 Å². The lowest BCUT2D eigenvalue weighted by atomic mass is 9.93. The molecule has 2 aromatic carbocycles. The first-order valence-electron chi connectivity index (χ1n) is 6.04. The maximum absolute atomic E-state index is 5.90. The second-order valence-electron chi connectivity index (χ2n) is 4.45. The van der Waals surface area contributed by atoms with Crippen molar-refractivity contribution in [1.29, 1.82) is 0 Å². The predicted molar refractivity (Wildman–Crippen MR) is 76.1 cm³/mol. The molecule has 0 radical (unpaired) electrons. The van der Waals surface area contributed by atoms with Gasteiger partial charge in [0.15, 0.2) is 0 Å². The van der Waals surface area contributed by atoms with E-state index in [1.807, 2.05) is 12.1 Å². The number of methoxy groups -OCH3 is 1. The van der Waals surface area contributed by atoms with Gasteiger partial charge < -0.3 is 4.74 Å². The highest BCUT2D eigenvalue weighted by atomic mass is 35.5. The highest BCUT2D eigenvalue weighted by Crippen LogP contribution is 2.25. The second-order valence-corrected chi connectivity index (χ2v) is 4.88. The SMILES string of the molecule is COCc1ccc(C(C)c2ccc(Cl)cc2)cc1. The van der Waals surface area contributed by atoms with Crippen LogP contribution in [-0.4, -0.2) is 7.11 Å². The van der Waals surface area contributed by atoms with Gasteiger partial charge >= 0.3 is 0 Å². The number of ether oxygens (including phenoxy) is 1. The van der Waals surface area contributed by atoms with Crippen LogP contribution in [0.3, 0.4) is 0 Å². The summed E-state index contributed by atoms with van der Waals surface area (Å²) in [5, 5.41) is 0.779. The van der Waals surface area contributed by atoms with Gasteiger partial charge in [0.25, 0.3) is 0 Å². The van der Waals surface area contributed by atoms with Crippen molar-refractivity contribution in [1.82, 2.24) is 0 Å². The molecule has 2 aromatic rings. The van der Waals surface area contributed by atoms with Crippen LogP contribution in [0.15, 0.2) is 48.5 Å². The number of hydrogen-bond acceptors (Lipinski definition) is 1. The highest BCUT2D eigenvalue weighted by molar-refractivity contribution is 6.30. The minimum absolute atomic E-state index is 0.374. The third-order valence-electron chi connectivity index (χ3n) is 3.16. The molecule has 0 aliphatic carbocycles. The van der Waals surface area contributed by atoms with E-state index in [4.69, 9.17) is 16.3 Å². The molecule has 1 unspecified atom stereocenters. The normalized spacial score (nSPS) is 12.4. The maximum Gasteiger partial charge on any atom is 0.0713 e. The van der Waals surface area contributed by atoms with E-state index in [0.717, 1.165) is 5.02 Å². The lowest BCUT2D eigenvalue weighted by Crippen LogP contribution is -1.96. The quantitative estimate of drug-likeness (QED) is 0.778. The van der Waals surface area contributed by atoms with E-state index in [0.29, 0.717) is 12.5 Å². The topological polar surface area (TPSA) is 9.23 Å². The van der Waals surface area contributed by atoms with Gasteiger partial charge in [0.1, 0.15) is 0 Å². The molecule has 0 aliphatic rings. The summed E-state index contributed by atoms with van der Waals surface area (Å²) in [6.07, 6.45) is 0. The van der Waals surface area contributed by atoms with Crippen molar-refractivity contribution >= 4 is 11.6 Å². The highest BCUT2D eigenvalue weighted by Gasteiger charge is 2.08. The molecule has 1 nitrogen and oxygen atoms in total. The molecule has 2 rings (SSSR count). The van der Waals surface area contributed by atoms with Crippen molar-refractivity contribution in [2.24, 2.45) is 0 Å². The lowest BCUT2D eigenvalue weighted by molar-refractivity contribution is 0.185. The molecule has 94 valence electrons. The largest absolute Gasteiger partial charge is 0.380 e. The van der Waals surface area contributed by atoms with E-state index in [1.54, 1.807) is 7.11 Å². The summed E-state index contributed by atoms with van der Waals surface area (Å²) in [6.45, 7) is 2.87. The van der Waals surface area contributed by atoms with Crippen LogP contribution in [0.1, 0.15) is 29.5 Å². The summed E-state index contributed by atoms with van der Waals surface area (Å²) >= 11 is 5.90. The maximum atomic E-state index is 5.90. The Labute approximate surface area is 113 Å². The molecule has 0 saturated heterocycles. The van der Waals surface area contributed by atoms with Gasteiger partial charge in [-0.2, -0.15) is 0 Å². The summed E-state index contributed by atoms with van der Waals surface area (Å²) in [4.78, 5) is 0. The molecule has 1 atom stereocenters. The Kier molecular flexibility index (Phi) is 4.40. The van der Waals surface area contributed by atoms with Crippen LogP contribution >= 0.6 is 11.6 Å². The van der Waals surface area contributed by atoms with Crippen LogP contribution in [-0.2, 0) is 11.3 Å². The molecular weight excluding hydrogens is 244 g/mol. The van der Waals surface area contributed by atoms with E-state index in [1.165, 1.54) is 16.7 Å². The Morgan fingerprint density at radius 2 is 1.44 bits per heavy atom. The van der Waals surface area contributed by atoms with E-state index < -0.39 is 0 Å². The molecule has 0 fully saturated rings. The zero-order valence-corrected chi connectivity index (χ0v) is 11.4. The molecule has 0 aromatic heterocycles. The fraction of sp³-hybridized carbons (Fsp3) is 0.250. The number of rotatable bonds is 4. The third kappa shape index (κ3) is 3.12. The molecular formula is C16H17ClO. The molecule has 0 spiro atoms. The summed E-state index contributed by atoms with van der Waals surface area (Å²) in [7, 11) is 1.71. The van der Waals surface area contributed by atoms with Crippen LogP contribution in [0.5, 0.6) is 0 Å². The fourth-order valence-corrected chi connectivity index (χ4v) is 2.14. The second kappa shape index (κ2) is 6.03. The lowest BCUT2D eigenvalue weighted by Gasteiger charge is -2.13. The van der Waals surface area contributed by atoms with Gasteiger partial charge in [0, 0.05) is 18.1 Å². The molecule has 18 heavy (non-hydrogen) atoms. The molecule has 0 aliphatic heterocycles. The number of halogens is 1.